The summed E-state index contributed by atoms with van der Waals surface area (Å²) in [4.78, 5) is 47.1. The van der Waals surface area contributed by atoms with Gasteiger partial charge in [-0.15, -0.1) is 6.58 Å². The largest absolute Gasteiger partial charge is 0.497 e. The predicted octanol–water partition coefficient (Wildman–Crippen LogP) is 4.98. The van der Waals surface area contributed by atoms with Crippen LogP contribution in [0.15, 0.2) is 85.5 Å². The van der Waals surface area contributed by atoms with Crippen LogP contribution >= 0.6 is 0 Å². The van der Waals surface area contributed by atoms with Crippen molar-refractivity contribution in [1.82, 2.24) is 4.90 Å². The third-order valence-electron chi connectivity index (χ3n) is 10.8. The second-order valence-corrected chi connectivity index (χ2v) is 18.6. The topological polar surface area (TPSA) is 99.6 Å². The summed E-state index contributed by atoms with van der Waals surface area (Å²) >= 11 is 0. The Morgan fingerprint density at radius 2 is 1.86 bits per heavy atom. The van der Waals surface area contributed by atoms with E-state index in [0.29, 0.717) is 26.1 Å². The van der Waals surface area contributed by atoms with E-state index in [1.54, 1.807) is 27.9 Å². The van der Waals surface area contributed by atoms with E-state index in [9.17, 15) is 19.5 Å². The van der Waals surface area contributed by atoms with Crippen LogP contribution in [0.25, 0.3) is 0 Å². The van der Waals surface area contributed by atoms with Gasteiger partial charge in [0.05, 0.1) is 40.0 Å². The number of methoxy groups -OCH3 is 1. The van der Waals surface area contributed by atoms with Crippen molar-refractivity contribution in [2.24, 2.45) is 5.92 Å². The monoisotopic (exact) mass is 681 g/mol. The maximum atomic E-state index is 14.8. The summed E-state index contributed by atoms with van der Waals surface area (Å²) in [5.74, 6) is 0.216. The molecule has 0 unspecified atom stereocenters. The van der Waals surface area contributed by atoms with E-state index in [-0.39, 0.29) is 48.8 Å². The van der Waals surface area contributed by atoms with E-state index in [1.807, 2.05) is 60.7 Å². The number of carbonyl (C=O) groups excluding carboxylic acids is 3. The van der Waals surface area contributed by atoms with E-state index < -0.39 is 19.8 Å². The number of aliphatic hydroxyl groups excluding tert-OH is 1. The van der Waals surface area contributed by atoms with Crippen LogP contribution in [0.1, 0.15) is 37.3 Å². The van der Waals surface area contributed by atoms with Crippen LogP contribution in [0, 0.1) is 5.92 Å². The van der Waals surface area contributed by atoms with E-state index in [1.165, 1.54) is 5.19 Å². The highest BCUT2D eigenvalue weighted by Gasteiger charge is 2.66. The Bertz CT molecular complexity index is 1710. The molecule has 49 heavy (non-hydrogen) atoms. The summed E-state index contributed by atoms with van der Waals surface area (Å²) in [5, 5.41) is 11.1. The predicted molar refractivity (Wildman–Crippen MR) is 194 cm³/mol. The van der Waals surface area contributed by atoms with Gasteiger partial charge >= 0.3 is 0 Å². The average Bonchev–Trinajstić information content (AvgIpc) is 3.73. The minimum Gasteiger partial charge on any atom is -0.497 e. The molecular formula is C39H47N3O6Si. The quantitative estimate of drug-likeness (QED) is 0.214. The average molecular weight is 682 g/mol. The fourth-order valence-electron chi connectivity index (χ4n) is 8.42. The molecule has 2 saturated heterocycles. The highest BCUT2D eigenvalue weighted by molar-refractivity contribution is 6.91. The van der Waals surface area contributed by atoms with Gasteiger partial charge in [0.1, 0.15) is 5.75 Å². The summed E-state index contributed by atoms with van der Waals surface area (Å²) in [6.07, 6.45) is 2.48. The first-order chi connectivity index (χ1) is 23.6. The van der Waals surface area contributed by atoms with Crippen LogP contribution in [0.5, 0.6) is 5.75 Å². The molecule has 3 heterocycles. The number of rotatable bonds is 12. The molecule has 258 valence electrons. The smallest absolute Gasteiger partial charge is 0.264 e. The Kier molecular flexibility index (Phi) is 9.84. The lowest BCUT2D eigenvalue weighted by Gasteiger charge is -2.37. The van der Waals surface area contributed by atoms with Crippen molar-refractivity contribution in [3.8, 4) is 5.75 Å². The lowest BCUT2D eigenvalue weighted by Crippen LogP contribution is -2.52. The molecule has 2 fully saturated rings. The molecule has 3 aliphatic heterocycles. The molecule has 0 aliphatic carbocycles. The van der Waals surface area contributed by atoms with Gasteiger partial charge in [0.15, 0.2) is 5.60 Å². The Labute approximate surface area is 290 Å². The highest BCUT2D eigenvalue weighted by atomic mass is 28.3. The van der Waals surface area contributed by atoms with Crippen molar-refractivity contribution < 1.29 is 29.0 Å². The molecular weight excluding hydrogens is 635 g/mol. The van der Waals surface area contributed by atoms with Gasteiger partial charge in [0, 0.05) is 49.8 Å². The zero-order valence-electron chi connectivity index (χ0n) is 28.9. The second kappa shape index (κ2) is 13.9. The number of hydrogen-bond donors (Lipinski definition) is 1. The number of amides is 3. The van der Waals surface area contributed by atoms with Crippen molar-refractivity contribution in [3.63, 3.8) is 0 Å². The molecule has 1 N–H and O–H groups in total. The van der Waals surface area contributed by atoms with Crippen molar-refractivity contribution in [3.05, 3.63) is 96.6 Å². The van der Waals surface area contributed by atoms with Crippen molar-refractivity contribution in [2.75, 3.05) is 43.2 Å². The first kappa shape index (κ1) is 34.6. The highest BCUT2D eigenvalue weighted by Crippen LogP contribution is 2.60. The molecule has 1 spiro atoms. The second-order valence-electron chi connectivity index (χ2n) is 13.9. The van der Waals surface area contributed by atoms with Crippen LogP contribution < -0.4 is 19.7 Å². The molecule has 3 amide bonds. The number of hydrogen-bond acceptors (Lipinski definition) is 6. The SMILES string of the molecule is C=CCN1C(=O)[C@@]2(O[C@@H](CC(=O)N(CCO)Cc3ccccc3)[C@H]([Si](C)(C)c3ccc(OC)cc3)[C@H]2C)c2cc(N3CCCC3=O)ccc21. The molecule has 3 aromatic rings. The number of fused-ring (bicyclic) bond motifs is 2. The van der Waals surface area contributed by atoms with Crippen LogP contribution in [0.3, 0.4) is 0 Å². The molecule has 4 atom stereocenters. The van der Waals surface area contributed by atoms with E-state index in [0.717, 1.165) is 34.7 Å². The first-order valence-electron chi connectivity index (χ1n) is 17.2. The van der Waals surface area contributed by atoms with Gasteiger partial charge in [-0.1, -0.05) is 73.7 Å². The van der Waals surface area contributed by atoms with Gasteiger partial charge in [-0.25, -0.2) is 0 Å². The minimum absolute atomic E-state index is 0.0601. The Morgan fingerprint density at radius 1 is 1.12 bits per heavy atom. The fourth-order valence-corrected chi connectivity index (χ4v) is 12.4. The summed E-state index contributed by atoms with van der Waals surface area (Å²) < 4.78 is 12.6. The number of carbonyl (C=O) groups is 3. The summed E-state index contributed by atoms with van der Waals surface area (Å²) in [7, 11) is -0.849. The van der Waals surface area contributed by atoms with Crippen LogP contribution in [0.2, 0.25) is 18.6 Å². The maximum absolute atomic E-state index is 14.8. The van der Waals surface area contributed by atoms with Crippen molar-refractivity contribution in [2.45, 2.75) is 63.1 Å². The summed E-state index contributed by atoms with van der Waals surface area (Å²) in [5.41, 5.74) is 1.70. The Hall–Kier alpha value is -4.25. The number of aliphatic hydroxyl groups is 1. The molecule has 0 bridgehead atoms. The van der Waals surface area contributed by atoms with Crippen molar-refractivity contribution in [1.29, 1.82) is 0 Å². The van der Waals surface area contributed by atoms with Gasteiger partial charge in [-0.05, 0) is 47.9 Å². The molecule has 3 aromatic carbocycles. The summed E-state index contributed by atoms with van der Waals surface area (Å²) in [6.45, 7) is 11.9. The number of nitrogens with zero attached hydrogens (tertiary/aromatic N) is 3. The number of anilines is 2. The van der Waals surface area contributed by atoms with Gasteiger partial charge in [0.2, 0.25) is 11.8 Å². The van der Waals surface area contributed by atoms with E-state index in [2.05, 4.69) is 38.7 Å². The lowest BCUT2D eigenvalue weighted by atomic mass is 9.82. The van der Waals surface area contributed by atoms with Crippen molar-refractivity contribution >= 4 is 42.4 Å². The van der Waals surface area contributed by atoms with Gasteiger partial charge in [-0.3, -0.25) is 14.4 Å². The molecule has 6 rings (SSSR count). The fraction of sp³-hybridized carbons (Fsp3) is 0.410. The van der Waals surface area contributed by atoms with Crippen LogP contribution in [-0.2, 0) is 31.3 Å². The number of benzene rings is 3. The third-order valence-corrected chi connectivity index (χ3v) is 15.2. The number of ether oxygens (including phenoxy) is 2. The van der Waals surface area contributed by atoms with E-state index in [4.69, 9.17) is 9.47 Å². The molecule has 9 nitrogen and oxygen atoms in total. The van der Waals surface area contributed by atoms with Gasteiger partial charge in [-0.2, -0.15) is 0 Å². The molecule has 0 aromatic heterocycles. The zero-order valence-corrected chi connectivity index (χ0v) is 29.9. The lowest BCUT2D eigenvalue weighted by molar-refractivity contribution is -0.149. The van der Waals surface area contributed by atoms with Crippen LogP contribution in [-0.4, -0.2) is 75.3 Å². The normalized spacial score (nSPS) is 23.3. The third kappa shape index (κ3) is 6.11. The molecule has 0 radical (unpaired) electrons. The Balaban J connectivity index is 1.45. The first-order valence-corrected chi connectivity index (χ1v) is 20.3. The Morgan fingerprint density at radius 3 is 2.49 bits per heavy atom. The zero-order chi connectivity index (χ0) is 34.9. The molecule has 0 saturated carbocycles. The molecule has 10 heteroatoms. The standard InChI is InChI=1S/C39H47N3O6Si/c1-6-20-42-33-19-14-29(41-21-10-13-35(41)44)24-32(33)39(38(42)46)27(2)37(49(4,5)31-17-15-30(47-3)16-18-31)34(48-39)25-36(45)40(22-23-43)26-28-11-8-7-9-12-28/h6-9,11-12,14-19,24,27,34,37,43H,1,10,13,20-23,25-26H2,2-5H3/t27-,34+,37-,39+/m1/s1. The minimum atomic E-state index is -2.49. The van der Waals surface area contributed by atoms with Gasteiger partial charge < -0.3 is 29.3 Å². The maximum Gasteiger partial charge on any atom is 0.264 e. The van der Waals surface area contributed by atoms with Crippen LogP contribution in [0.4, 0.5) is 11.4 Å². The van der Waals surface area contributed by atoms with Gasteiger partial charge in [0.25, 0.3) is 5.91 Å². The summed E-state index contributed by atoms with van der Waals surface area (Å²) in [6, 6.07) is 23.7. The molecule has 3 aliphatic rings. The van der Waals surface area contributed by atoms with E-state index >= 15 is 0 Å².